The van der Waals surface area contributed by atoms with Gasteiger partial charge in [0.15, 0.2) is 5.82 Å². The molecule has 2 aromatic rings. The number of benzene rings is 1. The number of aromatic nitrogens is 2. The number of ether oxygens (including phenoxy) is 1. The van der Waals surface area contributed by atoms with Crippen LogP contribution >= 0.6 is 11.8 Å². The summed E-state index contributed by atoms with van der Waals surface area (Å²) in [4.78, 5) is 29.2. The average Bonchev–Trinajstić information content (AvgIpc) is 2.93. The van der Waals surface area contributed by atoms with E-state index in [1.54, 1.807) is 0 Å². The first kappa shape index (κ1) is 23.3. The van der Waals surface area contributed by atoms with Crippen molar-refractivity contribution >= 4 is 29.3 Å². The zero-order valence-corrected chi connectivity index (χ0v) is 20.2. The van der Waals surface area contributed by atoms with Gasteiger partial charge in [0.2, 0.25) is 5.91 Å². The number of carbonyl (C=O) groups is 1. The van der Waals surface area contributed by atoms with E-state index < -0.39 is 0 Å². The summed E-state index contributed by atoms with van der Waals surface area (Å²) >= 11 is 1.84. The second-order valence-electron chi connectivity index (χ2n) is 8.76. The number of hydrogen-bond donors (Lipinski definition) is 2. The lowest BCUT2D eigenvalue weighted by atomic mass is 10.1. The monoisotopic (exact) mass is 484 g/mol. The van der Waals surface area contributed by atoms with Crippen molar-refractivity contribution in [2.24, 2.45) is 0 Å². The van der Waals surface area contributed by atoms with E-state index in [0.29, 0.717) is 32.1 Å². The van der Waals surface area contributed by atoms with Crippen molar-refractivity contribution in [3.8, 4) is 11.4 Å². The van der Waals surface area contributed by atoms with Crippen LogP contribution in [0.1, 0.15) is 5.56 Å². The van der Waals surface area contributed by atoms with Crippen molar-refractivity contribution in [3.63, 3.8) is 0 Å². The quantitative estimate of drug-likeness (QED) is 0.640. The van der Waals surface area contributed by atoms with E-state index in [0.717, 1.165) is 67.0 Å². The highest BCUT2D eigenvalue weighted by Crippen LogP contribution is 2.27. The second-order valence-corrected chi connectivity index (χ2v) is 9.91. The van der Waals surface area contributed by atoms with Crippen LogP contribution in [-0.2, 0) is 16.1 Å². The average molecular weight is 485 g/mol. The number of nitrogens with one attached hydrogen (secondary N) is 1. The molecule has 182 valence electrons. The maximum atomic E-state index is 12.9. The van der Waals surface area contributed by atoms with Crippen LogP contribution in [0.4, 0.5) is 11.6 Å². The molecule has 0 spiro atoms. The fraction of sp³-hybridized carbons (Fsp3) is 0.542. The maximum absolute atomic E-state index is 12.9. The Morgan fingerprint density at radius 1 is 1.06 bits per heavy atom. The smallest absolute Gasteiger partial charge is 0.240 e. The number of aliphatic hydroxyl groups is 1. The largest absolute Gasteiger partial charge is 0.392 e. The van der Waals surface area contributed by atoms with Crippen molar-refractivity contribution in [1.82, 2.24) is 20.2 Å². The molecule has 1 aromatic carbocycles. The first-order chi connectivity index (χ1) is 16.7. The third kappa shape index (κ3) is 5.30. The third-order valence-electron chi connectivity index (χ3n) is 6.54. The van der Waals surface area contributed by atoms with Crippen molar-refractivity contribution in [1.29, 1.82) is 0 Å². The van der Waals surface area contributed by atoms with Crippen molar-refractivity contribution in [3.05, 3.63) is 35.9 Å². The molecule has 0 bridgehead atoms. The molecule has 0 radical (unpaired) electrons. The van der Waals surface area contributed by atoms with Crippen molar-refractivity contribution < 1.29 is 14.6 Å². The Morgan fingerprint density at radius 2 is 1.79 bits per heavy atom. The molecule has 0 saturated carbocycles. The van der Waals surface area contributed by atoms with E-state index in [4.69, 9.17) is 14.7 Å². The predicted octanol–water partition coefficient (Wildman–Crippen LogP) is 0.826. The van der Waals surface area contributed by atoms with Gasteiger partial charge >= 0.3 is 0 Å². The summed E-state index contributed by atoms with van der Waals surface area (Å²) in [7, 11) is 0. The normalized spacial score (nSPS) is 21.6. The van der Waals surface area contributed by atoms with Gasteiger partial charge in [0.1, 0.15) is 11.6 Å². The molecule has 2 N–H and O–H groups in total. The minimum atomic E-state index is -0.0670. The molecule has 1 aromatic heterocycles. The molecule has 3 fully saturated rings. The van der Waals surface area contributed by atoms with Gasteiger partial charge in [-0.1, -0.05) is 18.2 Å². The maximum Gasteiger partial charge on any atom is 0.240 e. The van der Waals surface area contributed by atoms with Crippen LogP contribution in [0.5, 0.6) is 0 Å². The minimum absolute atomic E-state index is 0.0196. The van der Waals surface area contributed by atoms with E-state index in [-0.39, 0.29) is 18.6 Å². The molecule has 1 atom stereocenters. The van der Waals surface area contributed by atoms with Gasteiger partial charge < -0.3 is 29.9 Å². The van der Waals surface area contributed by atoms with Gasteiger partial charge in [-0.15, -0.1) is 0 Å². The number of amides is 1. The van der Waals surface area contributed by atoms with E-state index in [9.17, 15) is 9.90 Å². The van der Waals surface area contributed by atoms with Crippen molar-refractivity contribution in [2.45, 2.75) is 12.6 Å². The molecule has 4 heterocycles. The minimum Gasteiger partial charge on any atom is -0.392 e. The van der Waals surface area contributed by atoms with Gasteiger partial charge in [-0.2, -0.15) is 11.8 Å². The van der Waals surface area contributed by atoms with Crippen LogP contribution in [0, 0.1) is 0 Å². The highest BCUT2D eigenvalue weighted by atomic mass is 32.2. The topological polar surface area (TPSA) is 94.1 Å². The Balaban J connectivity index is 1.36. The number of carbonyl (C=O) groups excluding carboxylic acids is 1. The Bertz CT molecular complexity index is 988. The summed E-state index contributed by atoms with van der Waals surface area (Å²) in [6, 6.07) is 9.73. The van der Waals surface area contributed by atoms with Gasteiger partial charge in [0.05, 0.1) is 25.9 Å². The summed E-state index contributed by atoms with van der Waals surface area (Å²) in [5.41, 5.74) is 1.72. The fourth-order valence-electron chi connectivity index (χ4n) is 4.58. The molecule has 3 saturated heterocycles. The number of thioether (sulfide) groups is 1. The van der Waals surface area contributed by atoms with Crippen LogP contribution < -0.4 is 15.1 Å². The highest BCUT2D eigenvalue weighted by molar-refractivity contribution is 7.99. The number of aliphatic hydroxyl groups excluding tert-OH is 1. The molecule has 1 unspecified atom stereocenters. The van der Waals surface area contributed by atoms with Gasteiger partial charge in [0.25, 0.3) is 0 Å². The molecular formula is C24H32N6O3S. The lowest BCUT2D eigenvalue weighted by Crippen LogP contribution is -2.56. The van der Waals surface area contributed by atoms with E-state index in [1.165, 1.54) is 0 Å². The molecule has 34 heavy (non-hydrogen) atoms. The number of rotatable bonds is 5. The second kappa shape index (κ2) is 10.9. The number of nitrogens with zero attached hydrogens (tertiary/aromatic N) is 5. The number of anilines is 2. The van der Waals surface area contributed by atoms with Gasteiger partial charge in [-0.3, -0.25) is 4.79 Å². The number of morpholine rings is 1. The molecular weight excluding hydrogens is 452 g/mol. The predicted molar refractivity (Wildman–Crippen MR) is 134 cm³/mol. The summed E-state index contributed by atoms with van der Waals surface area (Å²) in [6.45, 7) is 6.68. The van der Waals surface area contributed by atoms with E-state index in [2.05, 4.69) is 21.2 Å². The molecule has 3 aliphatic heterocycles. The summed E-state index contributed by atoms with van der Waals surface area (Å²) in [6.07, 6.45) is 0. The molecule has 0 aliphatic carbocycles. The lowest BCUT2D eigenvalue weighted by Gasteiger charge is -2.38. The van der Waals surface area contributed by atoms with Crippen LogP contribution in [-0.4, -0.2) is 102 Å². The zero-order valence-electron chi connectivity index (χ0n) is 19.4. The van der Waals surface area contributed by atoms with Gasteiger partial charge in [-0.05, 0) is 11.6 Å². The zero-order chi connectivity index (χ0) is 23.3. The SMILES string of the molecule is O=C(C1CSCCN1)N1CCN(c2cc(N3CCOCC3)nc(-c3cccc(CO)c3)n2)CC1. The van der Waals surface area contributed by atoms with Gasteiger partial charge in [-0.25, -0.2) is 9.97 Å². The van der Waals surface area contributed by atoms with Gasteiger partial charge in [0, 0.05) is 68.9 Å². The summed E-state index contributed by atoms with van der Waals surface area (Å²) in [5.74, 6) is 4.55. The highest BCUT2D eigenvalue weighted by Gasteiger charge is 2.29. The Hall–Kier alpha value is -2.40. The van der Waals surface area contributed by atoms with Crippen molar-refractivity contribution in [2.75, 3.05) is 80.3 Å². The van der Waals surface area contributed by atoms with Crippen LogP contribution in [0.15, 0.2) is 30.3 Å². The van der Waals surface area contributed by atoms with E-state index >= 15 is 0 Å². The number of piperazine rings is 1. The molecule has 3 aliphatic rings. The van der Waals surface area contributed by atoms with Crippen LogP contribution in [0.25, 0.3) is 11.4 Å². The molecule has 1 amide bonds. The summed E-state index contributed by atoms with van der Waals surface area (Å²) in [5, 5.41) is 12.9. The Morgan fingerprint density at radius 3 is 2.47 bits per heavy atom. The fourth-order valence-corrected chi connectivity index (χ4v) is 5.50. The number of hydrogen-bond acceptors (Lipinski definition) is 9. The molecule has 10 heteroatoms. The Labute approximate surface area is 204 Å². The Kier molecular flexibility index (Phi) is 7.48. The van der Waals surface area contributed by atoms with E-state index in [1.807, 2.05) is 40.9 Å². The third-order valence-corrected chi connectivity index (χ3v) is 7.60. The lowest BCUT2D eigenvalue weighted by molar-refractivity contribution is -0.133. The van der Waals surface area contributed by atoms with Crippen LogP contribution in [0.3, 0.4) is 0 Å². The molecule has 9 nitrogen and oxygen atoms in total. The van der Waals surface area contributed by atoms with Crippen LogP contribution in [0.2, 0.25) is 0 Å². The first-order valence-corrected chi connectivity index (χ1v) is 13.1. The first-order valence-electron chi connectivity index (χ1n) is 12.0. The standard InChI is InChI=1S/C24H32N6O3S/c31-16-18-2-1-3-19(14-18)23-26-21(15-22(27-23)29-9-11-33-12-10-29)28-5-7-30(8-6-28)24(32)20-17-34-13-4-25-20/h1-3,14-15,20,25,31H,4-13,16-17H2. The molecule has 5 rings (SSSR count). The summed E-state index contributed by atoms with van der Waals surface area (Å²) < 4.78 is 5.53.